The van der Waals surface area contributed by atoms with Crippen LogP contribution in [0.3, 0.4) is 0 Å². The van der Waals surface area contributed by atoms with Crippen molar-refractivity contribution in [2.24, 2.45) is 0 Å². The molecule has 0 unspecified atom stereocenters. The highest BCUT2D eigenvalue weighted by Crippen LogP contribution is 2.36. The zero-order valence-electron chi connectivity index (χ0n) is 16.7. The van der Waals surface area contributed by atoms with Gasteiger partial charge in [-0.15, -0.1) is 23.5 Å². The number of nitriles is 1. The van der Waals surface area contributed by atoms with Crippen LogP contribution in [0.15, 0.2) is 94.7 Å². The first kappa shape index (κ1) is 21.8. The lowest BCUT2D eigenvalue weighted by atomic mass is 10.2. The number of hydrogen-bond acceptors (Lipinski definition) is 4. The number of carbonyl (C=O) groups excluding carboxylic acids is 1. The van der Waals surface area contributed by atoms with Crippen LogP contribution in [0, 0.1) is 18.3 Å². The number of rotatable bonds is 8. The van der Waals surface area contributed by atoms with Crippen molar-refractivity contribution in [3.63, 3.8) is 0 Å². The Bertz CT molecular complexity index is 1010. The van der Waals surface area contributed by atoms with E-state index < -0.39 is 0 Å². The molecule has 3 nitrogen and oxygen atoms in total. The van der Waals surface area contributed by atoms with Crippen LogP contribution in [-0.4, -0.2) is 5.91 Å². The molecule has 0 bridgehead atoms. The van der Waals surface area contributed by atoms with Crippen LogP contribution < -0.4 is 5.32 Å². The fraction of sp³-hybridized carbons (Fsp3) is 0.120. The van der Waals surface area contributed by atoms with E-state index in [0.717, 1.165) is 20.9 Å². The molecule has 0 fully saturated rings. The molecule has 0 heterocycles. The van der Waals surface area contributed by atoms with Crippen LogP contribution in [0.5, 0.6) is 0 Å². The summed E-state index contributed by atoms with van der Waals surface area (Å²) in [5, 5.41) is 12.7. The van der Waals surface area contributed by atoms with Gasteiger partial charge < -0.3 is 5.32 Å². The van der Waals surface area contributed by atoms with Crippen molar-refractivity contribution in [1.82, 2.24) is 0 Å². The van der Waals surface area contributed by atoms with Crippen LogP contribution in [-0.2, 0) is 16.3 Å². The van der Waals surface area contributed by atoms with Crippen LogP contribution >= 0.6 is 23.5 Å². The van der Waals surface area contributed by atoms with Gasteiger partial charge in [0.2, 0.25) is 0 Å². The summed E-state index contributed by atoms with van der Waals surface area (Å²) < 4.78 is 0.732. The van der Waals surface area contributed by atoms with Gasteiger partial charge in [-0.3, -0.25) is 4.79 Å². The highest BCUT2D eigenvalue weighted by molar-refractivity contribution is 8.21. The maximum absolute atomic E-state index is 12.9. The fourth-order valence-electron chi connectivity index (χ4n) is 2.74. The van der Waals surface area contributed by atoms with Gasteiger partial charge in [-0.25, -0.2) is 0 Å². The fourth-order valence-corrected chi connectivity index (χ4v) is 4.97. The number of thioether (sulfide) groups is 2. The molecule has 0 aromatic heterocycles. The summed E-state index contributed by atoms with van der Waals surface area (Å²) in [6.45, 7) is 1.97. The van der Waals surface area contributed by atoms with E-state index in [1.165, 1.54) is 23.5 Å². The molecule has 3 aromatic rings. The van der Waals surface area contributed by atoms with Crippen molar-refractivity contribution >= 4 is 35.1 Å². The third kappa shape index (κ3) is 6.55. The van der Waals surface area contributed by atoms with Gasteiger partial charge >= 0.3 is 0 Å². The smallest absolute Gasteiger partial charge is 0.268 e. The summed E-state index contributed by atoms with van der Waals surface area (Å²) in [6, 6.07) is 29.8. The van der Waals surface area contributed by atoms with Crippen molar-refractivity contribution < 1.29 is 4.79 Å². The SMILES string of the molecule is Cc1cccc(NC(=O)C(C#N)=C(SCc2ccccc2)SCc2ccccc2)c1. The van der Waals surface area contributed by atoms with E-state index in [4.69, 9.17) is 0 Å². The van der Waals surface area contributed by atoms with Crippen molar-refractivity contribution in [3.05, 3.63) is 111 Å². The van der Waals surface area contributed by atoms with E-state index in [1.807, 2.05) is 91.9 Å². The van der Waals surface area contributed by atoms with Crippen LogP contribution in [0.4, 0.5) is 5.69 Å². The summed E-state index contributed by atoms with van der Waals surface area (Å²) in [5.41, 5.74) is 4.19. The second-order valence-electron chi connectivity index (χ2n) is 6.65. The standard InChI is InChI=1S/C25H22N2OS2/c1-19-9-8-14-22(15-19)27-24(28)23(16-26)25(29-17-20-10-4-2-5-11-20)30-18-21-12-6-3-7-13-21/h2-15H,17-18H2,1H3,(H,27,28). The molecule has 0 radical (unpaired) electrons. The molecule has 0 spiro atoms. The Morgan fingerprint density at radius 1 is 0.867 bits per heavy atom. The van der Waals surface area contributed by atoms with Crippen molar-refractivity contribution in [2.75, 3.05) is 5.32 Å². The first-order valence-electron chi connectivity index (χ1n) is 9.51. The van der Waals surface area contributed by atoms with Crippen LogP contribution in [0.1, 0.15) is 16.7 Å². The molecular formula is C25H22N2OS2. The largest absolute Gasteiger partial charge is 0.321 e. The number of benzene rings is 3. The average molecular weight is 431 g/mol. The van der Waals surface area contributed by atoms with Crippen molar-refractivity contribution in [3.8, 4) is 6.07 Å². The Labute approximate surface area is 186 Å². The topological polar surface area (TPSA) is 52.9 Å². The van der Waals surface area contributed by atoms with Gasteiger partial charge in [0.1, 0.15) is 11.6 Å². The molecule has 30 heavy (non-hydrogen) atoms. The average Bonchev–Trinajstić information content (AvgIpc) is 2.77. The second kappa shape index (κ2) is 11.3. The Balaban J connectivity index is 1.82. The van der Waals surface area contributed by atoms with Gasteiger partial charge in [0.05, 0.1) is 4.24 Å². The lowest BCUT2D eigenvalue weighted by Crippen LogP contribution is -2.14. The number of nitrogens with zero attached hydrogens (tertiary/aromatic N) is 1. The molecule has 150 valence electrons. The van der Waals surface area contributed by atoms with Gasteiger partial charge in [0.25, 0.3) is 5.91 Å². The minimum atomic E-state index is -0.376. The molecular weight excluding hydrogens is 408 g/mol. The van der Waals surface area contributed by atoms with E-state index in [-0.39, 0.29) is 11.5 Å². The van der Waals surface area contributed by atoms with E-state index in [1.54, 1.807) is 0 Å². The Morgan fingerprint density at radius 2 is 1.43 bits per heavy atom. The first-order valence-corrected chi connectivity index (χ1v) is 11.5. The minimum Gasteiger partial charge on any atom is -0.321 e. The van der Waals surface area contributed by atoms with Gasteiger partial charge in [-0.2, -0.15) is 5.26 Å². The zero-order chi connectivity index (χ0) is 21.2. The third-order valence-corrected chi connectivity index (χ3v) is 6.84. The predicted molar refractivity (Wildman–Crippen MR) is 128 cm³/mol. The number of carbonyl (C=O) groups is 1. The lowest BCUT2D eigenvalue weighted by Gasteiger charge is -2.11. The molecule has 1 N–H and O–H groups in total. The van der Waals surface area contributed by atoms with Gasteiger partial charge in [0.15, 0.2) is 0 Å². The Kier molecular flexibility index (Phi) is 8.20. The summed E-state index contributed by atoms with van der Waals surface area (Å²) in [4.78, 5) is 12.9. The minimum absolute atomic E-state index is 0.151. The van der Waals surface area contributed by atoms with E-state index in [9.17, 15) is 10.1 Å². The van der Waals surface area contributed by atoms with Crippen LogP contribution in [0.25, 0.3) is 0 Å². The number of hydrogen-bond donors (Lipinski definition) is 1. The molecule has 3 rings (SSSR count). The predicted octanol–water partition coefficient (Wildman–Crippen LogP) is 6.54. The van der Waals surface area contributed by atoms with E-state index >= 15 is 0 Å². The van der Waals surface area contributed by atoms with Crippen molar-refractivity contribution in [2.45, 2.75) is 18.4 Å². The molecule has 5 heteroatoms. The Morgan fingerprint density at radius 3 is 1.93 bits per heavy atom. The molecule has 3 aromatic carbocycles. The molecule has 1 amide bonds. The number of nitrogens with one attached hydrogen (secondary N) is 1. The molecule has 0 saturated heterocycles. The highest BCUT2D eigenvalue weighted by atomic mass is 32.2. The normalized spacial score (nSPS) is 10.1. The van der Waals surface area contributed by atoms with Crippen LogP contribution in [0.2, 0.25) is 0 Å². The maximum atomic E-state index is 12.9. The molecule has 0 aliphatic rings. The molecule has 0 saturated carbocycles. The maximum Gasteiger partial charge on any atom is 0.268 e. The molecule has 0 atom stereocenters. The lowest BCUT2D eigenvalue weighted by molar-refractivity contribution is -0.112. The van der Waals surface area contributed by atoms with Gasteiger partial charge in [-0.1, -0.05) is 72.8 Å². The van der Waals surface area contributed by atoms with Gasteiger partial charge in [0, 0.05) is 17.2 Å². The third-order valence-electron chi connectivity index (χ3n) is 4.24. The second-order valence-corrected chi connectivity index (χ2v) is 8.88. The summed E-state index contributed by atoms with van der Waals surface area (Å²) in [5.74, 6) is 1.01. The number of aryl methyl sites for hydroxylation is 1. The molecule has 0 aliphatic heterocycles. The number of anilines is 1. The zero-order valence-corrected chi connectivity index (χ0v) is 18.3. The quantitative estimate of drug-likeness (QED) is 0.326. The first-order chi connectivity index (χ1) is 14.7. The number of amides is 1. The van der Waals surface area contributed by atoms with E-state index in [0.29, 0.717) is 17.2 Å². The summed E-state index contributed by atoms with van der Waals surface area (Å²) in [7, 11) is 0. The summed E-state index contributed by atoms with van der Waals surface area (Å²) >= 11 is 3.06. The van der Waals surface area contributed by atoms with Crippen molar-refractivity contribution in [1.29, 1.82) is 5.26 Å². The monoisotopic (exact) mass is 430 g/mol. The Hall–Kier alpha value is -2.94. The molecule has 0 aliphatic carbocycles. The van der Waals surface area contributed by atoms with Gasteiger partial charge in [-0.05, 0) is 35.7 Å². The summed E-state index contributed by atoms with van der Waals surface area (Å²) in [6.07, 6.45) is 0. The highest BCUT2D eigenvalue weighted by Gasteiger charge is 2.17. The van der Waals surface area contributed by atoms with E-state index in [2.05, 4.69) is 11.4 Å².